The van der Waals surface area contributed by atoms with Gasteiger partial charge in [0.15, 0.2) is 0 Å². The fraction of sp³-hybridized carbons (Fsp3) is 0.607. The number of benzene rings is 1. The van der Waals surface area contributed by atoms with E-state index < -0.39 is 35.2 Å². The highest BCUT2D eigenvalue weighted by molar-refractivity contribution is 9.10. The van der Waals surface area contributed by atoms with Gasteiger partial charge in [-0.05, 0) is 86.1 Å². The van der Waals surface area contributed by atoms with Crippen molar-refractivity contribution in [3.8, 4) is 0 Å². The zero-order valence-electron chi connectivity index (χ0n) is 23.6. The van der Waals surface area contributed by atoms with Gasteiger partial charge in [-0.3, -0.25) is 0 Å². The lowest BCUT2D eigenvalue weighted by Crippen LogP contribution is -2.57. The lowest BCUT2D eigenvalue weighted by molar-refractivity contribution is -0.143. The first kappa shape index (κ1) is 32.9. The Morgan fingerprint density at radius 3 is 1.98 bits per heavy atom. The molecule has 6 nitrogen and oxygen atoms in total. The van der Waals surface area contributed by atoms with Gasteiger partial charge >= 0.3 is 18.4 Å². The molecule has 1 aliphatic heterocycles. The molecule has 1 aliphatic rings. The minimum atomic E-state index is -4.97. The van der Waals surface area contributed by atoms with Gasteiger partial charge in [0, 0.05) is 37.1 Å². The summed E-state index contributed by atoms with van der Waals surface area (Å²) in [6.07, 6.45) is -4.64. The molecule has 0 unspecified atom stereocenters. The largest absolute Gasteiger partial charge is 0.444 e. The topological polar surface area (TPSA) is 58.6 Å². The molecular weight excluding hydrogens is 618 g/mol. The van der Waals surface area contributed by atoms with Crippen LogP contribution in [0.3, 0.4) is 0 Å². The summed E-state index contributed by atoms with van der Waals surface area (Å²) in [4.78, 5) is 25.3. The molecule has 3 rings (SSSR count). The number of halogens is 7. The van der Waals surface area contributed by atoms with Crippen LogP contribution in [0.2, 0.25) is 0 Å². The van der Waals surface area contributed by atoms with Crippen LogP contribution >= 0.6 is 15.9 Å². The van der Waals surface area contributed by atoms with Gasteiger partial charge < -0.3 is 14.5 Å². The summed E-state index contributed by atoms with van der Waals surface area (Å²) < 4.78 is 87.9. The molecule has 1 fully saturated rings. The predicted octanol–water partition coefficient (Wildman–Crippen LogP) is 8.63. The van der Waals surface area contributed by atoms with Gasteiger partial charge in [-0.15, -0.1) is 0 Å². The number of anilines is 1. The van der Waals surface area contributed by atoms with Crippen molar-refractivity contribution in [2.75, 3.05) is 4.90 Å². The van der Waals surface area contributed by atoms with Gasteiger partial charge in [-0.1, -0.05) is 20.3 Å². The van der Waals surface area contributed by atoms with Crippen molar-refractivity contribution in [1.29, 1.82) is 0 Å². The number of carbonyl (C=O) groups is 1. The molecule has 2 aromatic rings. The molecule has 1 aromatic carbocycles. The van der Waals surface area contributed by atoms with Gasteiger partial charge in [-0.25, -0.2) is 14.8 Å². The number of aromatic nitrogens is 2. The molecule has 1 saturated heterocycles. The van der Waals surface area contributed by atoms with E-state index in [9.17, 15) is 31.1 Å². The first-order valence-electron chi connectivity index (χ1n) is 13.5. The highest BCUT2D eigenvalue weighted by atomic mass is 79.9. The highest BCUT2D eigenvalue weighted by Gasteiger charge is 2.42. The minimum Gasteiger partial charge on any atom is -0.444 e. The molecule has 41 heavy (non-hydrogen) atoms. The molecular formula is C28H35BrF6N4O2. The minimum absolute atomic E-state index is 0.119. The molecule has 228 valence electrons. The quantitative estimate of drug-likeness (QED) is 0.280. The number of alkyl halides is 6. The van der Waals surface area contributed by atoms with Crippen molar-refractivity contribution in [2.45, 2.75) is 109 Å². The smallest absolute Gasteiger partial charge is 0.416 e. The summed E-state index contributed by atoms with van der Waals surface area (Å²) >= 11 is 3.27. The summed E-state index contributed by atoms with van der Waals surface area (Å²) in [5, 5.41) is 0. The Bertz CT molecular complexity index is 1150. The van der Waals surface area contributed by atoms with Crippen molar-refractivity contribution in [3.63, 3.8) is 0 Å². The molecule has 0 radical (unpaired) electrons. The molecule has 13 heteroatoms. The third kappa shape index (κ3) is 8.71. The number of likely N-dealkylation sites (tertiary alicyclic amines) is 1. The van der Waals surface area contributed by atoms with Crippen LogP contribution < -0.4 is 4.90 Å². The van der Waals surface area contributed by atoms with Crippen molar-refractivity contribution >= 4 is 28.0 Å². The molecule has 3 atom stereocenters. The number of ether oxygens (including phenoxy) is 1. The van der Waals surface area contributed by atoms with Crippen LogP contribution in [0.25, 0.3) is 0 Å². The number of hydrogen-bond donors (Lipinski definition) is 0. The second-order valence-electron chi connectivity index (χ2n) is 11.3. The number of rotatable bonds is 7. The second kappa shape index (κ2) is 12.7. The first-order chi connectivity index (χ1) is 18.9. The zero-order valence-corrected chi connectivity index (χ0v) is 25.2. The van der Waals surface area contributed by atoms with Gasteiger partial charge in [0.2, 0.25) is 5.95 Å². The summed E-state index contributed by atoms with van der Waals surface area (Å²) in [7, 11) is 0. The second-order valence-corrected chi connectivity index (χ2v) is 12.2. The van der Waals surface area contributed by atoms with Crippen LogP contribution in [-0.4, -0.2) is 44.7 Å². The maximum atomic E-state index is 13.6. The van der Waals surface area contributed by atoms with Crippen LogP contribution in [0.15, 0.2) is 35.1 Å². The zero-order chi connectivity index (χ0) is 30.8. The Morgan fingerprint density at radius 1 is 0.976 bits per heavy atom. The van der Waals surface area contributed by atoms with Crippen LogP contribution in [0.5, 0.6) is 0 Å². The summed E-state index contributed by atoms with van der Waals surface area (Å²) in [6.45, 7) is 8.96. The summed E-state index contributed by atoms with van der Waals surface area (Å²) in [6, 6.07) is 0.678. The Morgan fingerprint density at radius 2 is 1.51 bits per heavy atom. The molecule has 0 N–H and O–H groups in total. The van der Waals surface area contributed by atoms with Gasteiger partial charge in [0.1, 0.15) is 5.60 Å². The monoisotopic (exact) mass is 652 g/mol. The number of carbonyl (C=O) groups excluding carboxylic acids is 1. The highest BCUT2D eigenvalue weighted by Crippen LogP contribution is 2.38. The maximum absolute atomic E-state index is 13.6. The fourth-order valence-corrected chi connectivity index (χ4v) is 5.40. The Labute approximate surface area is 244 Å². The first-order valence-corrected chi connectivity index (χ1v) is 14.3. The van der Waals surface area contributed by atoms with Crippen LogP contribution in [0.4, 0.5) is 37.1 Å². The Balaban J connectivity index is 2.07. The van der Waals surface area contributed by atoms with E-state index in [1.807, 2.05) is 13.8 Å². The Kier molecular flexibility index (Phi) is 10.2. The predicted molar refractivity (Wildman–Crippen MR) is 146 cm³/mol. The van der Waals surface area contributed by atoms with Gasteiger partial charge in [0.05, 0.1) is 15.6 Å². The average Bonchev–Trinajstić information content (AvgIpc) is 2.85. The summed E-state index contributed by atoms with van der Waals surface area (Å²) in [5.41, 5.74) is -3.64. The van der Waals surface area contributed by atoms with E-state index in [4.69, 9.17) is 4.74 Å². The molecule has 2 heterocycles. The standard InChI is InChI=1S/C28H35BrF6N4O2/c1-6-8-22-13-23(12-21(7-2)39(22)25(40)41-26(3,4)5)38(24-36-14-20(29)15-37-24)16-17-9-18(27(30,31)32)11-19(10-17)28(33,34)35/h9-11,14-15,21-23H,6-8,12-13,16H2,1-5H3/t21-,22+,23+/m1/s1. The lowest BCUT2D eigenvalue weighted by Gasteiger charge is -2.48. The van der Waals surface area contributed by atoms with Crippen molar-refractivity contribution < 1.29 is 35.9 Å². The third-order valence-electron chi connectivity index (χ3n) is 6.88. The van der Waals surface area contributed by atoms with Crippen LogP contribution in [0.1, 0.15) is 83.4 Å². The number of hydrogen-bond acceptors (Lipinski definition) is 5. The molecule has 0 spiro atoms. The molecule has 0 bridgehead atoms. The van der Waals surface area contributed by atoms with Crippen LogP contribution in [-0.2, 0) is 23.6 Å². The fourth-order valence-electron chi connectivity index (χ4n) is 5.19. The molecule has 1 amide bonds. The van der Waals surface area contributed by atoms with E-state index in [2.05, 4.69) is 25.9 Å². The average molecular weight is 654 g/mol. The normalized spacial score (nSPS) is 20.2. The van der Waals surface area contributed by atoms with Gasteiger partial charge in [-0.2, -0.15) is 26.3 Å². The molecule has 1 aromatic heterocycles. The number of nitrogens with zero attached hydrogens (tertiary/aromatic N) is 4. The van der Waals surface area contributed by atoms with E-state index in [0.717, 1.165) is 18.6 Å². The van der Waals surface area contributed by atoms with E-state index >= 15 is 0 Å². The summed E-state index contributed by atoms with van der Waals surface area (Å²) in [5.74, 6) is 0.167. The van der Waals surface area contributed by atoms with E-state index in [1.54, 1.807) is 30.6 Å². The maximum Gasteiger partial charge on any atom is 0.416 e. The van der Waals surface area contributed by atoms with Crippen molar-refractivity contribution in [1.82, 2.24) is 14.9 Å². The van der Waals surface area contributed by atoms with Crippen molar-refractivity contribution in [2.24, 2.45) is 0 Å². The lowest BCUT2D eigenvalue weighted by atomic mass is 9.87. The molecule has 0 aliphatic carbocycles. The van der Waals surface area contributed by atoms with E-state index in [0.29, 0.717) is 30.2 Å². The third-order valence-corrected chi connectivity index (χ3v) is 7.29. The number of piperidine rings is 1. The number of amides is 1. The van der Waals surface area contributed by atoms with Crippen LogP contribution in [0, 0.1) is 0 Å². The SMILES string of the molecule is CCC[C@H]1C[C@@H](N(Cc2cc(C(F)(F)F)cc(C(F)(F)F)c2)c2ncc(Br)cn2)C[C@@H](CC)N1C(=O)OC(C)(C)C. The van der Waals surface area contributed by atoms with Crippen molar-refractivity contribution in [3.05, 3.63) is 51.8 Å². The Hall–Kier alpha value is -2.57. The van der Waals surface area contributed by atoms with E-state index in [1.165, 1.54) is 12.4 Å². The van der Waals surface area contributed by atoms with E-state index in [-0.39, 0.29) is 42.2 Å². The molecule has 0 saturated carbocycles. The van der Waals surface area contributed by atoms with Gasteiger partial charge in [0.25, 0.3) is 0 Å².